The maximum absolute atomic E-state index is 13.9. The van der Waals surface area contributed by atoms with Crippen LogP contribution >= 0.6 is 0 Å². The first kappa shape index (κ1) is 16.3. The number of H-pyrrole nitrogens is 1. The molecule has 1 saturated carbocycles. The average molecular weight is 370 g/mol. The molecule has 2 aliphatic rings. The van der Waals surface area contributed by atoms with Crippen LogP contribution in [0.2, 0.25) is 0 Å². The van der Waals surface area contributed by atoms with Crippen LogP contribution in [0, 0.1) is 17.7 Å². The number of likely N-dealkylation sites (tertiary alicyclic amines) is 1. The molecule has 3 aromatic rings. The highest BCUT2D eigenvalue weighted by molar-refractivity contribution is 6.06. The van der Waals surface area contributed by atoms with Crippen molar-refractivity contribution in [2.24, 2.45) is 18.9 Å². The number of nitrogens with zero attached hydrogens (tertiary/aromatic N) is 3. The number of rotatable bonds is 3. The van der Waals surface area contributed by atoms with Crippen molar-refractivity contribution in [2.45, 2.75) is 25.3 Å². The van der Waals surface area contributed by atoms with Gasteiger partial charge in [0, 0.05) is 19.0 Å². The third-order valence-corrected chi connectivity index (χ3v) is 5.91. The van der Waals surface area contributed by atoms with Crippen LogP contribution in [0.25, 0.3) is 11.0 Å². The Morgan fingerprint density at radius 2 is 2.11 bits per heavy atom. The number of carbonyl (C=O) groups is 1. The molecule has 1 aliphatic heterocycles. The maximum atomic E-state index is 13.9. The zero-order chi connectivity index (χ0) is 18.7. The van der Waals surface area contributed by atoms with Gasteiger partial charge < -0.3 is 9.32 Å². The second-order valence-electron chi connectivity index (χ2n) is 7.44. The number of furan rings is 1. The lowest BCUT2D eigenvalue weighted by Crippen LogP contribution is -2.34. The van der Waals surface area contributed by atoms with Crippen LogP contribution in [0.4, 0.5) is 4.39 Å². The Balaban J connectivity index is 1.59. The molecule has 2 atom stereocenters. The second-order valence-corrected chi connectivity index (χ2v) is 7.44. The van der Waals surface area contributed by atoms with Gasteiger partial charge in [0.1, 0.15) is 0 Å². The van der Waals surface area contributed by atoms with Crippen molar-refractivity contribution < 1.29 is 13.6 Å². The minimum atomic E-state index is -0.491. The van der Waals surface area contributed by atoms with Crippen molar-refractivity contribution in [3.63, 3.8) is 0 Å². The van der Waals surface area contributed by atoms with Gasteiger partial charge in [0.05, 0.1) is 17.9 Å². The standard InChI is InChI=1S/C19H19FN4O3/c1-23-17(21-22-19(23)26)15-11(10-2-3-10)6-8-24(15)18(25)13-4-5-14(20)16-12(13)7-9-27-16/h4-5,7,9-11,15H,2-3,6,8H2,1H3,(H,22,26). The predicted molar refractivity (Wildman–Crippen MR) is 94.6 cm³/mol. The SMILES string of the molecule is Cn1c(C2C(C3CC3)CCN2C(=O)c2ccc(F)c3occc23)n[nH]c1=O. The van der Waals surface area contributed by atoms with E-state index in [2.05, 4.69) is 10.2 Å². The monoisotopic (exact) mass is 370 g/mol. The number of aromatic nitrogens is 3. The Kier molecular flexibility index (Phi) is 3.50. The van der Waals surface area contributed by atoms with E-state index in [4.69, 9.17) is 4.42 Å². The van der Waals surface area contributed by atoms with Crippen LogP contribution in [0.5, 0.6) is 0 Å². The van der Waals surface area contributed by atoms with Crippen LogP contribution in [0.1, 0.15) is 41.5 Å². The molecule has 2 aromatic heterocycles. The van der Waals surface area contributed by atoms with E-state index in [9.17, 15) is 14.0 Å². The van der Waals surface area contributed by atoms with E-state index >= 15 is 0 Å². The molecule has 0 radical (unpaired) electrons. The molecule has 1 amide bonds. The molecule has 140 valence electrons. The Labute approximate surface area is 153 Å². The quantitative estimate of drug-likeness (QED) is 0.768. The summed E-state index contributed by atoms with van der Waals surface area (Å²) < 4.78 is 20.6. The van der Waals surface area contributed by atoms with Gasteiger partial charge in [-0.05, 0) is 49.3 Å². The maximum Gasteiger partial charge on any atom is 0.343 e. The molecule has 0 spiro atoms. The minimum absolute atomic E-state index is 0.0857. The fourth-order valence-corrected chi connectivity index (χ4v) is 4.39. The van der Waals surface area contributed by atoms with Gasteiger partial charge in [0.25, 0.3) is 5.91 Å². The first-order valence-corrected chi connectivity index (χ1v) is 9.14. The van der Waals surface area contributed by atoms with Crippen molar-refractivity contribution >= 4 is 16.9 Å². The zero-order valence-corrected chi connectivity index (χ0v) is 14.8. The number of nitrogens with one attached hydrogen (secondary N) is 1. The predicted octanol–water partition coefficient (Wildman–Crippen LogP) is 2.61. The van der Waals surface area contributed by atoms with Gasteiger partial charge in [-0.2, -0.15) is 5.10 Å². The van der Waals surface area contributed by atoms with E-state index in [0.29, 0.717) is 29.2 Å². The molecule has 1 N–H and O–H groups in total. The molecule has 5 rings (SSSR count). The fraction of sp³-hybridized carbons (Fsp3) is 0.421. The van der Waals surface area contributed by atoms with Crippen molar-refractivity contribution in [1.82, 2.24) is 19.7 Å². The number of aromatic amines is 1. The molecule has 27 heavy (non-hydrogen) atoms. The largest absolute Gasteiger partial charge is 0.461 e. The molecule has 2 fully saturated rings. The van der Waals surface area contributed by atoms with E-state index in [1.165, 1.54) is 23.0 Å². The molecular weight excluding hydrogens is 351 g/mol. The van der Waals surface area contributed by atoms with Crippen LogP contribution < -0.4 is 5.69 Å². The van der Waals surface area contributed by atoms with E-state index in [1.807, 2.05) is 0 Å². The molecule has 8 heteroatoms. The summed E-state index contributed by atoms with van der Waals surface area (Å²) in [5, 5.41) is 7.15. The number of hydrogen-bond donors (Lipinski definition) is 1. The topological polar surface area (TPSA) is 84.1 Å². The van der Waals surface area contributed by atoms with Gasteiger partial charge in [0.2, 0.25) is 0 Å². The summed E-state index contributed by atoms with van der Waals surface area (Å²) in [7, 11) is 1.66. The van der Waals surface area contributed by atoms with Crippen LogP contribution in [0.3, 0.4) is 0 Å². The van der Waals surface area contributed by atoms with E-state index in [1.54, 1.807) is 18.0 Å². The summed E-state index contributed by atoms with van der Waals surface area (Å²) >= 11 is 0. The van der Waals surface area contributed by atoms with Gasteiger partial charge in [-0.15, -0.1) is 0 Å². The summed E-state index contributed by atoms with van der Waals surface area (Å²) in [6, 6.07) is 4.10. The van der Waals surface area contributed by atoms with Gasteiger partial charge in [-0.3, -0.25) is 9.36 Å². The number of carbonyl (C=O) groups excluding carboxylic acids is 1. The molecule has 1 aromatic carbocycles. The Morgan fingerprint density at radius 3 is 2.81 bits per heavy atom. The molecule has 2 unspecified atom stereocenters. The first-order valence-electron chi connectivity index (χ1n) is 9.14. The number of halogens is 1. The summed E-state index contributed by atoms with van der Waals surface area (Å²) in [5.41, 5.74) is 0.197. The lowest BCUT2D eigenvalue weighted by molar-refractivity contribution is 0.0703. The highest BCUT2D eigenvalue weighted by atomic mass is 19.1. The van der Waals surface area contributed by atoms with Gasteiger partial charge >= 0.3 is 5.69 Å². The molecule has 0 bridgehead atoms. The lowest BCUT2D eigenvalue weighted by Gasteiger charge is -2.27. The Hall–Kier alpha value is -2.90. The number of benzene rings is 1. The number of fused-ring (bicyclic) bond motifs is 1. The molecule has 1 aliphatic carbocycles. The van der Waals surface area contributed by atoms with Crippen molar-refractivity contribution in [2.75, 3.05) is 6.54 Å². The van der Waals surface area contributed by atoms with Crippen molar-refractivity contribution in [1.29, 1.82) is 0 Å². The fourth-order valence-electron chi connectivity index (χ4n) is 4.39. The molecule has 7 nitrogen and oxygen atoms in total. The summed E-state index contributed by atoms with van der Waals surface area (Å²) in [6.07, 6.45) is 4.54. The Bertz CT molecular complexity index is 1090. The molecule has 3 heterocycles. The lowest BCUT2D eigenvalue weighted by atomic mass is 9.94. The van der Waals surface area contributed by atoms with Gasteiger partial charge in [-0.1, -0.05) is 0 Å². The van der Waals surface area contributed by atoms with E-state index in [0.717, 1.165) is 19.3 Å². The minimum Gasteiger partial charge on any atom is -0.461 e. The first-order chi connectivity index (χ1) is 13.1. The van der Waals surface area contributed by atoms with E-state index in [-0.39, 0.29) is 29.1 Å². The van der Waals surface area contributed by atoms with Crippen LogP contribution in [0.15, 0.2) is 33.7 Å². The van der Waals surface area contributed by atoms with Crippen LogP contribution in [-0.2, 0) is 7.05 Å². The average Bonchev–Trinajstić information content (AvgIpc) is 3.08. The summed E-state index contributed by atoms with van der Waals surface area (Å²) in [6.45, 7) is 0.586. The third kappa shape index (κ3) is 2.43. The number of hydrogen-bond acceptors (Lipinski definition) is 4. The van der Waals surface area contributed by atoms with E-state index < -0.39 is 5.82 Å². The Morgan fingerprint density at radius 1 is 1.30 bits per heavy atom. The van der Waals surface area contributed by atoms with Crippen LogP contribution in [-0.4, -0.2) is 32.1 Å². The van der Waals surface area contributed by atoms with Crippen molar-refractivity contribution in [3.8, 4) is 0 Å². The molecular formula is C19H19FN4O3. The number of amides is 1. The summed E-state index contributed by atoms with van der Waals surface area (Å²) in [5.74, 6) is 0.735. The van der Waals surface area contributed by atoms with Gasteiger partial charge in [0.15, 0.2) is 17.2 Å². The molecule has 1 saturated heterocycles. The summed E-state index contributed by atoms with van der Waals surface area (Å²) in [4.78, 5) is 27.1. The highest BCUT2D eigenvalue weighted by Gasteiger charge is 2.47. The highest BCUT2D eigenvalue weighted by Crippen LogP contribution is 2.50. The van der Waals surface area contributed by atoms with Gasteiger partial charge in [-0.25, -0.2) is 14.3 Å². The second kappa shape index (κ2) is 5.80. The smallest absolute Gasteiger partial charge is 0.343 e. The third-order valence-electron chi connectivity index (χ3n) is 5.91. The zero-order valence-electron chi connectivity index (χ0n) is 14.8. The van der Waals surface area contributed by atoms with Crippen molar-refractivity contribution in [3.05, 3.63) is 52.2 Å². The normalized spacial score (nSPS) is 22.7.